The number of benzene rings is 1. The number of hydrogen-bond acceptors (Lipinski definition) is 2. The van der Waals surface area contributed by atoms with Crippen LogP contribution < -0.4 is 5.73 Å². The van der Waals surface area contributed by atoms with Crippen LogP contribution in [0.3, 0.4) is 0 Å². The molecule has 2 heteroatoms. The van der Waals surface area contributed by atoms with E-state index in [1.54, 1.807) is 0 Å². The Balaban J connectivity index is 1.90. The molecule has 2 nitrogen and oxygen atoms in total. The molecular formula is C17H28N2. The highest BCUT2D eigenvalue weighted by atomic mass is 15.1. The molecule has 2 N–H and O–H groups in total. The Labute approximate surface area is 118 Å². The smallest absolute Gasteiger partial charge is 0.00223 e. The first-order valence-electron chi connectivity index (χ1n) is 7.51. The van der Waals surface area contributed by atoms with E-state index >= 15 is 0 Å². The molecule has 1 aromatic rings. The van der Waals surface area contributed by atoms with Crippen LogP contribution in [-0.4, -0.2) is 31.1 Å². The molecule has 0 aliphatic carbocycles. The Bertz CT molecular complexity index is 406. The predicted molar refractivity (Wildman–Crippen MR) is 82.4 cm³/mol. The van der Waals surface area contributed by atoms with E-state index in [2.05, 4.69) is 49.9 Å². The minimum Gasteiger partial charge on any atom is -0.330 e. The average Bonchev–Trinajstić information content (AvgIpc) is 2.84. The zero-order valence-electron chi connectivity index (χ0n) is 12.7. The van der Waals surface area contributed by atoms with Crippen LogP contribution in [0.15, 0.2) is 24.3 Å². The van der Waals surface area contributed by atoms with Crippen LogP contribution in [0.5, 0.6) is 0 Å². The van der Waals surface area contributed by atoms with Crippen molar-refractivity contribution in [3.05, 3.63) is 35.4 Å². The standard InChI is InChI=1S/C17H28N2/c1-17(2,3)16-6-4-5-14(11-16)7-9-19-10-8-15(12-18)13-19/h4-6,11,15H,7-10,12-13,18H2,1-3H3/t15-/m1/s1. The van der Waals surface area contributed by atoms with Gasteiger partial charge in [-0.15, -0.1) is 0 Å². The molecule has 0 saturated carbocycles. The van der Waals surface area contributed by atoms with Crippen LogP contribution >= 0.6 is 0 Å². The average molecular weight is 260 g/mol. The first-order chi connectivity index (χ1) is 8.99. The Morgan fingerprint density at radius 3 is 2.74 bits per heavy atom. The molecule has 1 saturated heterocycles. The van der Waals surface area contributed by atoms with Crippen LogP contribution in [-0.2, 0) is 11.8 Å². The minimum atomic E-state index is 0.244. The summed E-state index contributed by atoms with van der Waals surface area (Å²) in [6.45, 7) is 11.3. The van der Waals surface area contributed by atoms with Crippen LogP contribution in [0.4, 0.5) is 0 Å². The summed E-state index contributed by atoms with van der Waals surface area (Å²) in [5, 5.41) is 0. The van der Waals surface area contributed by atoms with Crippen molar-refractivity contribution < 1.29 is 0 Å². The second-order valence-corrected chi connectivity index (χ2v) is 6.89. The molecule has 1 aromatic carbocycles. The highest BCUT2D eigenvalue weighted by molar-refractivity contribution is 5.28. The Kier molecular flexibility index (Phi) is 4.64. The fourth-order valence-electron chi connectivity index (χ4n) is 2.79. The van der Waals surface area contributed by atoms with Crippen LogP contribution in [0, 0.1) is 5.92 Å². The first kappa shape index (κ1) is 14.5. The van der Waals surface area contributed by atoms with Crippen molar-refractivity contribution in [1.82, 2.24) is 4.90 Å². The Hall–Kier alpha value is -0.860. The molecular weight excluding hydrogens is 232 g/mol. The Morgan fingerprint density at radius 2 is 2.11 bits per heavy atom. The third-order valence-electron chi connectivity index (χ3n) is 4.21. The molecule has 0 aromatic heterocycles. The summed E-state index contributed by atoms with van der Waals surface area (Å²) in [4.78, 5) is 2.56. The molecule has 19 heavy (non-hydrogen) atoms. The van der Waals surface area contributed by atoms with Gasteiger partial charge in [0.05, 0.1) is 0 Å². The van der Waals surface area contributed by atoms with Crippen LogP contribution in [0.25, 0.3) is 0 Å². The fourth-order valence-corrected chi connectivity index (χ4v) is 2.79. The normalized spacial score (nSPS) is 20.9. The van der Waals surface area contributed by atoms with Gasteiger partial charge in [0.25, 0.3) is 0 Å². The zero-order valence-corrected chi connectivity index (χ0v) is 12.7. The van der Waals surface area contributed by atoms with E-state index in [-0.39, 0.29) is 5.41 Å². The van der Waals surface area contributed by atoms with Crippen molar-refractivity contribution >= 4 is 0 Å². The van der Waals surface area contributed by atoms with E-state index in [0.717, 1.165) is 18.9 Å². The van der Waals surface area contributed by atoms with Crippen LogP contribution in [0.2, 0.25) is 0 Å². The number of nitrogens with zero attached hydrogens (tertiary/aromatic N) is 1. The quantitative estimate of drug-likeness (QED) is 0.902. The summed E-state index contributed by atoms with van der Waals surface area (Å²) < 4.78 is 0. The summed E-state index contributed by atoms with van der Waals surface area (Å²) in [6.07, 6.45) is 2.43. The van der Waals surface area contributed by atoms with Gasteiger partial charge in [0, 0.05) is 13.1 Å². The van der Waals surface area contributed by atoms with Crippen molar-refractivity contribution in [3.63, 3.8) is 0 Å². The number of likely N-dealkylation sites (tertiary alicyclic amines) is 1. The van der Waals surface area contributed by atoms with E-state index in [1.165, 1.54) is 37.2 Å². The molecule has 1 heterocycles. The van der Waals surface area contributed by atoms with E-state index in [4.69, 9.17) is 5.73 Å². The van der Waals surface area contributed by atoms with Gasteiger partial charge in [0.2, 0.25) is 0 Å². The van der Waals surface area contributed by atoms with Gasteiger partial charge < -0.3 is 10.6 Å². The molecule has 0 spiro atoms. The third-order valence-corrected chi connectivity index (χ3v) is 4.21. The maximum atomic E-state index is 5.74. The second kappa shape index (κ2) is 6.06. The topological polar surface area (TPSA) is 29.3 Å². The number of hydrogen-bond donors (Lipinski definition) is 1. The second-order valence-electron chi connectivity index (χ2n) is 6.89. The molecule has 1 fully saturated rings. The van der Waals surface area contributed by atoms with Gasteiger partial charge in [-0.1, -0.05) is 45.0 Å². The van der Waals surface area contributed by atoms with Gasteiger partial charge in [0.15, 0.2) is 0 Å². The fraction of sp³-hybridized carbons (Fsp3) is 0.647. The van der Waals surface area contributed by atoms with E-state index < -0.39 is 0 Å². The lowest BCUT2D eigenvalue weighted by atomic mass is 9.86. The first-order valence-corrected chi connectivity index (χ1v) is 7.51. The summed E-state index contributed by atoms with van der Waals surface area (Å²) >= 11 is 0. The van der Waals surface area contributed by atoms with Crippen molar-refractivity contribution in [2.45, 2.75) is 39.0 Å². The summed E-state index contributed by atoms with van der Waals surface area (Å²) in [6, 6.07) is 9.06. The predicted octanol–water partition coefficient (Wildman–Crippen LogP) is 2.81. The van der Waals surface area contributed by atoms with Crippen LogP contribution in [0.1, 0.15) is 38.3 Å². The van der Waals surface area contributed by atoms with Crippen molar-refractivity contribution in [2.75, 3.05) is 26.2 Å². The molecule has 1 atom stereocenters. The molecule has 1 aliphatic heterocycles. The summed E-state index contributed by atoms with van der Waals surface area (Å²) in [5.41, 5.74) is 8.89. The summed E-state index contributed by atoms with van der Waals surface area (Å²) in [7, 11) is 0. The lowest BCUT2D eigenvalue weighted by Crippen LogP contribution is -2.25. The van der Waals surface area contributed by atoms with Gasteiger partial charge in [-0.3, -0.25) is 0 Å². The third kappa shape index (κ3) is 4.05. The van der Waals surface area contributed by atoms with E-state index in [9.17, 15) is 0 Å². The maximum Gasteiger partial charge on any atom is 0.00223 e. The largest absolute Gasteiger partial charge is 0.330 e. The number of nitrogens with two attached hydrogens (primary N) is 1. The van der Waals surface area contributed by atoms with Gasteiger partial charge in [-0.05, 0) is 48.4 Å². The molecule has 106 valence electrons. The van der Waals surface area contributed by atoms with Crippen molar-refractivity contribution in [1.29, 1.82) is 0 Å². The lowest BCUT2D eigenvalue weighted by molar-refractivity contribution is 0.329. The zero-order chi connectivity index (χ0) is 13.9. The maximum absolute atomic E-state index is 5.74. The SMILES string of the molecule is CC(C)(C)c1cccc(CCN2CC[C@H](CN)C2)c1. The monoisotopic (exact) mass is 260 g/mol. The van der Waals surface area contributed by atoms with Gasteiger partial charge in [-0.25, -0.2) is 0 Å². The Morgan fingerprint density at radius 1 is 1.32 bits per heavy atom. The van der Waals surface area contributed by atoms with Gasteiger partial charge in [0.1, 0.15) is 0 Å². The summed E-state index contributed by atoms with van der Waals surface area (Å²) in [5.74, 6) is 0.723. The molecule has 0 bridgehead atoms. The molecule has 1 aliphatic rings. The van der Waals surface area contributed by atoms with E-state index in [0.29, 0.717) is 0 Å². The van der Waals surface area contributed by atoms with Gasteiger partial charge in [-0.2, -0.15) is 0 Å². The molecule has 0 radical (unpaired) electrons. The minimum absolute atomic E-state index is 0.244. The van der Waals surface area contributed by atoms with Gasteiger partial charge >= 0.3 is 0 Å². The molecule has 2 rings (SSSR count). The van der Waals surface area contributed by atoms with Crippen molar-refractivity contribution in [2.24, 2.45) is 11.7 Å². The van der Waals surface area contributed by atoms with Crippen molar-refractivity contribution in [3.8, 4) is 0 Å². The highest BCUT2D eigenvalue weighted by Gasteiger charge is 2.20. The van der Waals surface area contributed by atoms with E-state index in [1.807, 2.05) is 0 Å². The number of rotatable bonds is 4. The molecule has 0 amide bonds. The highest BCUT2D eigenvalue weighted by Crippen LogP contribution is 2.23. The lowest BCUT2D eigenvalue weighted by Gasteiger charge is -2.20. The molecule has 0 unspecified atom stereocenters.